The Bertz CT molecular complexity index is 1090. The first-order chi connectivity index (χ1) is 15.9. The first-order valence-electron chi connectivity index (χ1n) is 11.3. The molecule has 3 atom stereocenters. The number of benzene rings is 1. The molecule has 1 aromatic heterocycles. The number of likely N-dealkylation sites (tertiary alicyclic amines) is 2. The number of piperidine rings is 2. The van der Waals surface area contributed by atoms with Gasteiger partial charge < -0.3 is 24.4 Å². The molecule has 0 unspecified atom stereocenters. The van der Waals surface area contributed by atoms with Gasteiger partial charge in [-0.3, -0.25) is 19.2 Å². The van der Waals surface area contributed by atoms with Gasteiger partial charge in [0.1, 0.15) is 5.58 Å². The normalized spacial score (nSPS) is 24.8. The van der Waals surface area contributed by atoms with Crippen molar-refractivity contribution < 1.29 is 29.0 Å². The lowest BCUT2D eigenvalue weighted by Gasteiger charge is -2.51. The van der Waals surface area contributed by atoms with Crippen molar-refractivity contribution in [3.05, 3.63) is 46.3 Å². The molecule has 1 aliphatic carbocycles. The summed E-state index contributed by atoms with van der Waals surface area (Å²) in [6, 6.07) is 8.19. The second kappa shape index (κ2) is 9.74. The van der Waals surface area contributed by atoms with Gasteiger partial charge in [0.15, 0.2) is 11.2 Å². The second-order valence-corrected chi connectivity index (χ2v) is 8.94. The average molecular weight is 456 g/mol. The van der Waals surface area contributed by atoms with Gasteiger partial charge in [0.05, 0.1) is 11.5 Å². The van der Waals surface area contributed by atoms with Crippen LogP contribution in [-0.4, -0.2) is 70.6 Å². The van der Waals surface area contributed by atoms with Crippen LogP contribution in [0.2, 0.25) is 0 Å². The van der Waals surface area contributed by atoms with Gasteiger partial charge in [0, 0.05) is 38.2 Å². The fraction of sp³-hybridized carbons (Fsp3) is 0.500. The van der Waals surface area contributed by atoms with Gasteiger partial charge in [0.2, 0.25) is 5.91 Å². The Morgan fingerprint density at radius 2 is 1.73 bits per heavy atom. The summed E-state index contributed by atoms with van der Waals surface area (Å²) < 4.78 is 5.73. The number of hydrogen-bond donors (Lipinski definition) is 2. The smallest absolute Gasteiger partial charge is 0.290 e. The van der Waals surface area contributed by atoms with E-state index in [1.54, 1.807) is 29.2 Å². The highest BCUT2D eigenvalue weighted by molar-refractivity contribution is 5.93. The predicted molar refractivity (Wildman–Crippen MR) is 119 cm³/mol. The van der Waals surface area contributed by atoms with Gasteiger partial charge in [-0.05, 0) is 49.7 Å². The van der Waals surface area contributed by atoms with Crippen LogP contribution in [0.4, 0.5) is 0 Å². The van der Waals surface area contributed by atoms with Crippen LogP contribution >= 0.6 is 0 Å². The third-order valence-corrected chi connectivity index (χ3v) is 7.11. The number of rotatable bonds is 2. The van der Waals surface area contributed by atoms with Crippen LogP contribution in [0.15, 0.2) is 39.5 Å². The number of fused-ring (bicyclic) bond motifs is 2. The maximum absolute atomic E-state index is 13.1. The lowest BCUT2D eigenvalue weighted by atomic mass is 9.61. The van der Waals surface area contributed by atoms with E-state index >= 15 is 0 Å². The van der Waals surface area contributed by atoms with Crippen LogP contribution in [0.5, 0.6) is 0 Å². The van der Waals surface area contributed by atoms with Crippen LogP contribution in [-0.2, 0) is 9.59 Å². The lowest BCUT2D eigenvalue weighted by molar-refractivity contribution is -0.149. The van der Waals surface area contributed by atoms with E-state index in [-0.39, 0.29) is 47.4 Å². The fourth-order valence-corrected chi connectivity index (χ4v) is 5.24. The maximum atomic E-state index is 13.1. The van der Waals surface area contributed by atoms with Crippen LogP contribution in [0, 0.1) is 17.8 Å². The Labute approximate surface area is 190 Å². The van der Waals surface area contributed by atoms with Crippen LogP contribution in [0.3, 0.4) is 0 Å². The van der Waals surface area contributed by atoms with Crippen molar-refractivity contribution in [1.29, 1.82) is 0 Å². The van der Waals surface area contributed by atoms with Crippen molar-refractivity contribution in [2.45, 2.75) is 31.8 Å². The molecule has 33 heavy (non-hydrogen) atoms. The molecule has 3 heterocycles. The summed E-state index contributed by atoms with van der Waals surface area (Å²) in [5.41, 5.74) is 0.186. The second-order valence-electron chi connectivity index (χ2n) is 8.94. The third kappa shape index (κ3) is 4.64. The molecule has 2 saturated heterocycles. The third-order valence-electron chi connectivity index (χ3n) is 7.11. The average Bonchev–Trinajstić information content (AvgIpc) is 2.80. The number of carboxylic acid groups (broad SMARTS) is 1. The van der Waals surface area contributed by atoms with E-state index in [0.29, 0.717) is 55.9 Å². The molecule has 5 rings (SSSR count). The lowest BCUT2D eigenvalue weighted by Crippen LogP contribution is -2.57. The molecule has 2 aromatic rings. The quantitative estimate of drug-likeness (QED) is 0.657. The molecule has 9 nitrogen and oxygen atoms in total. The van der Waals surface area contributed by atoms with E-state index in [1.165, 1.54) is 6.07 Å². The van der Waals surface area contributed by atoms with E-state index in [0.717, 1.165) is 12.8 Å². The molecular formula is C24H28N2O7. The Hall–Kier alpha value is -3.20. The number of aliphatic hydroxyl groups is 1. The van der Waals surface area contributed by atoms with Gasteiger partial charge in [-0.15, -0.1) is 0 Å². The summed E-state index contributed by atoms with van der Waals surface area (Å²) in [6.07, 6.45) is 2.73. The Morgan fingerprint density at radius 3 is 2.45 bits per heavy atom. The van der Waals surface area contributed by atoms with E-state index < -0.39 is 0 Å². The van der Waals surface area contributed by atoms with E-state index in [1.807, 2.05) is 4.90 Å². The van der Waals surface area contributed by atoms with Crippen molar-refractivity contribution in [3.63, 3.8) is 0 Å². The molecule has 9 heteroatoms. The first-order valence-corrected chi connectivity index (χ1v) is 11.3. The van der Waals surface area contributed by atoms with E-state index in [2.05, 4.69) is 0 Å². The van der Waals surface area contributed by atoms with E-state index in [4.69, 9.17) is 14.3 Å². The van der Waals surface area contributed by atoms with Crippen LogP contribution in [0.1, 0.15) is 36.2 Å². The minimum Gasteiger partial charge on any atom is -0.483 e. The Kier molecular flexibility index (Phi) is 6.78. The summed E-state index contributed by atoms with van der Waals surface area (Å²) in [5, 5.41) is 17.0. The van der Waals surface area contributed by atoms with Gasteiger partial charge in [-0.1, -0.05) is 12.1 Å². The molecule has 2 aliphatic heterocycles. The molecule has 0 bridgehead atoms. The molecule has 3 aliphatic rings. The Morgan fingerprint density at radius 1 is 1.06 bits per heavy atom. The number of hydrogen-bond acceptors (Lipinski definition) is 6. The van der Waals surface area contributed by atoms with Crippen molar-refractivity contribution in [2.24, 2.45) is 17.8 Å². The largest absolute Gasteiger partial charge is 0.483 e. The molecule has 0 radical (unpaired) electrons. The SMILES string of the molecule is O=C(c1cc(=O)c2ccccc2o1)N1CC[C@@H]2C[C@@H](C(=O)N3CCC(O)CC3)[C@@H]2C1.O=CO. The Balaban J connectivity index is 0.000000821. The molecule has 176 valence electrons. The standard InChI is InChI=1S/C23H26N2O5.CH2O2/c26-15-6-9-24(10-7-15)22(28)17-11-14-5-8-25(13-18(14)17)23(29)21-12-19(27)16-3-1-2-4-20(16)30-21;2-1-3/h1-4,12,14-15,17-18,26H,5-11,13H2;1H,(H,2,3)/t14-,17-,18-;/m1./s1. The van der Waals surface area contributed by atoms with Crippen LogP contribution < -0.4 is 5.43 Å². The van der Waals surface area contributed by atoms with Gasteiger partial charge in [-0.25, -0.2) is 0 Å². The number of carbonyl (C=O) groups is 3. The number of para-hydroxylation sites is 1. The first kappa shape index (κ1) is 23.0. The van der Waals surface area contributed by atoms with Crippen molar-refractivity contribution in [3.8, 4) is 0 Å². The summed E-state index contributed by atoms with van der Waals surface area (Å²) in [6.45, 7) is 2.11. The molecule has 1 saturated carbocycles. The number of nitrogens with zero attached hydrogens (tertiary/aromatic N) is 2. The molecule has 2 N–H and O–H groups in total. The molecule has 0 spiro atoms. The molecule has 3 fully saturated rings. The molecule has 2 amide bonds. The van der Waals surface area contributed by atoms with E-state index in [9.17, 15) is 19.5 Å². The number of carbonyl (C=O) groups excluding carboxylic acids is 2. The zero-order valence-electron chi connectivity index (χ0n) is 18.3. The van der Waals surface area contributed by atoms with Crippen molar-refractivity contribution >= 4 is 29.3 Å². The summed E-state index contributed by atoms with van der Waals surface area (Å²) in [7, 11) is 0. The summed E-state index contributed by atoms with van der Waals surface area (Å²) >= 11 is 0. The van der Waals surface area contributed by atoms with Crippen molar-refractivity contribution in [1.82, 2.24) is 9.80 Å². The molecule has 1 aromatic carbocycles. The summed E-state index contributed by atoms with van der Waals surface area (Å²) in [5.74, 6) is 0.523. The number of aliphatic hydroxyl groups excluding tert-OH is 1. The zero-order chi connectivity index (χ0) is 23.5. The van der Waals surface area contributed by atoms with Gasteiger partial charge >= 0.3 is 0 Å². The highest BCUT2D eigenvalue weighted by Crippen LogP contribution is 2.46. The van der Waals surface area contributed by atoms with Gasteiger partial charge in [0.25, 0.3) is 12.4 Å². The fourth-order valence-electron chi connectivity index (χ4n) is 5.24. The summed E-state index contributed by atoms with van der Waals surface area (Å²) in [4.78, 5) is 50.3. The van der Waals surface area contributed by atoms with Gasteiger partial charge in [-0.2, -0.15) is 0 Å². The highest BCUT2D eigenvalue weighted by atomic mass is 16.3. The van der Waals surface area contributed by atoms with Crippen molar-refractivity contribution in [2.75, 3.05) is 26.2 Å². The minimum absolute atomic E-state index is 0.0514. The minimum atomic E-state index is -0.303. The highest BCUT2D eigenvalue weighted by Gasteiger charge is 2.49. The predicted octanol–water partition coefficient (Wildman–Crippen LogP) is 1.58. The topological polar surface area (TPSA) is 128 Å². The zero-order valence-corrected chi connectivity index (χ0v) is 18.3. The number of amides is 2. The monoisotopic (exact) mass is 456 g/mol. The van der Waals surface area contributed by atoms with Crippen LogP contribution in [0.25, 0.3) is 11.0 Å². The maximum Gasteiger partial charge on any atom is 0.290 e. The molecular weight excluding hydrogens is 428 g/mol.